The van der Waals surface area contributed by atoms with E-state index in [0.717, 1.165) is 0 Å². The van der Waals surface area contributed by atoms with Crippen molar-refractivity contribution in [3.8, 4) is 27.9 Å². The van der Waals surface area contributed by atoms with Crippen LogP contribution in [0.15, 0.2) is 121 Å². The molecule has 32 heavy (non-hydrogen) atoms. The molecule has 2 heteroatoms. The fraction of sp³-hybridized carbons (Fsp3) is 0. The smallest absolute Gasteiger partial charge is 0.139 e. The summed E-state index contributed by atoms with van der Waals surface area (Å²) in [6, 6.07) is 43.7. The number of nitrogens with zero attached hydrogens (tertiary/aromatic N) is 1. The quantitative estimate of drug-likeness (QED) is 0.300. The summed E-state index contributed by atoms with van der Waals surface area (Å²) in [5.74, 6) is 0. The van der Waals surface area contributed by atoms with Gasteiger partial charge in [-0.05, 0) is 52.6 Å². The lowest BCUT2D eigenvalue weighted by Crippen LogP contribution is -2.00. The lowest BCUT2D eigenvalue weighted by atomic mass is 9.92. The van der Waals surface area contributed by atoms with Crippen LogP contribution in [0.4, 0.5) is 0 Å². The highest BCUT2D eigenvalue weighted by molar-refractivity contribution is 6.32. The second-order valence-corrected chi connectivity index (χ2v) is 8.37. The summed E-state index contributed by atoms with van der Waals surface area (Å²) in [5.41, 5.74) is 9.93. The maximum atomic E-state index is 2.36. The molecular formula is C30H22BN. The van der Waals surface area contributed by atoms with Gasteiger partial charge in [0.1, 0.15) is 7.85 Å². The summed E-state index contributed by atoms with van der Waals surface area (Å²) in [5, 5.41) is 2.56. The van der Waals surface area contributed by atoms with Gasteiger partial charge in [0, 0.05) is 16.5 Å². The largest absolute Gasteiger partial charge is 0.309 e. The molecule has 0 saturated carbocycles. The molecule has 1 heterocycles. The molecule has 1 nitrogen and oxygen atoms in total. The van der Waals surface area contributed by atoms with Gasteiger partial charge >= 0.3 is 0 Å². The number of benzene rings is 5. The highest BCUT2D eigenvalue weighted by atomic mass is 15.0. The van der Waals surface area contributed by atoms with Gasteiger partial charge in [-0.3, -0.25) is 0 Å². The second kappa shape index (κ2) is 7.58. The molecule has 0 unspecified atom stereocenters. The first-order valence-electron chi connectivity index (χ1n) is 11.0. The van der Waals surface area contributed by atoms with E-state index in [-0.39, 0.29) is 0 Å². The number of fused-ring (bicyclic) bond motifs is 3. The van der Waals surface area contributed by atoms with Gasteiger partial charge < -0.3 is 4.57 Å². The van der Waals surface area contributed by atoms with E-state index in [2.05, 4.69) is 134 Å². The third-order valence-corrected chi connectivity index (χ3v) is 6.26. The molecule has 0 aliphatic heterocycles. The van der Waals surface area contributed by atoms with Crippen molar-refractivity contribution in [3.05, 3.63) is 121 Å². The second-order valence-electron chi connectivity index (χ2n) is 8.37. The number of hydrogen-bond donors (Lipinski definition) is 0. The topological polar surface area (TPSA) is 4.93 Å². The predicted molar refractivity (Wildman–Crippen MR) is 140 cm³/mol. The van der Waals surface area contributed by atoms with E-state index in [1.807, 2.05) is 0 Å². The number of hydrogen-bond acceptors (Lipinski definition) is 0. The highest BCUT2D eigenvalue weighted by Crippen LogP contribution is 2.35. The SMILES string of the molecule is Bc1cccc(-c2ccc(-c3ccc4c(c3)c3ccccc3n4-c3ccccc3)cc2)c1. The number of aromatic nitrogens is 1. The van der Waals surface area contributed by atoms with Gasteiger partial charge in [-0.2, -0.15) is 0 Å². The predicted octanol–water partition coefficient (Wildman–Crippen LogP) is 6.38. The van der Waals surface area contributed by atoms with E-state index in [4.69, 9.17) is 0 Å². The molecule has 0 bridgehead atoms. The zero-order chi connectivity index (χ0) is 21.5. The minimum absolute atomic E-state index is 1.19. The Kier molecular flexibility index (Phi) is 4.43. The Hall–Kier alpha value is -4.04. The lowest BCUT2D eigenvalue weighted by molar-refractivity contribution is 1.18. The first-order chi connectivity index (χ1) is 15.8. The van der Waals surface area contributed by atoms with Crippen molar-refractivity contribution in [2.24, 2.45) is 0 Å². The Morgan fingerprint density at radius 2 is 1.06 bits per heavy atom. The minimum Gasteiger partial charge on any atom is -0.309 e. The zero-order valence-corrected chi connectivity index (χ0v) is 18.0. The van der Waals surface area contributed by atoms with Crippen molar-refractivity contribution in [2.45, 2.75) is 0 Å². The third kappa shape index (κ3) is 3.12. The summed E-state index contributed by atoms with van der Waals surface area (Å²) in [6.45, 7) is 0. The molecule has 150 valence electrons. The van der Waals surface area contributed by atoms with Crippen LogP contribution in [0.3, 0.4) is 0 Å². The van der Waals surface area contributed by atoms with Crippen molar-refractivity contribution >= 4 is 35.1 Å². The Bertz CT molecular complexity index is 1560. The maximum absolute atomic E-state index is 2.36. The van der Waals surface area contributed by atoms with Gasteiger partial charge in [0.15, 0.2) is 0 Å². The third-order valence-electron chi connectivity index (χ3n) is 6.26. The van der Waals surface area contributed by atoms with Crippen LogP contribution in [-0.2, 0) is 0 Å². The van der Waals surface area contributed by atoms with E-state index in [9.17, 15) is 0 Å². The first-order valence-corrected chi connectivity index (χ1v) is 11.0. The van der Waals surface area contributed by atoms with Crippen LogP contribution >= 0.6 is 0 Å². The molecule has 5 aromatic carbocycles. The van der Waals surface area contributed by atoms with Crippen LogP contribution in [0.2, 0.25) is 0 Å². The molecule has 6 aromatic rings. The normalized spacial score (nSPS) is 11.2. The number of para-hydroxylation sites is 2. The van der Waals surface area contributed by atoms with E-state index >= 15 is 0 Å². The molecule has 0 saturated heterocycles. The van der Waals surface area contributed by atoms with Crippen LogP contribution in [0, 0.1) is 0 Å². The van der Waals surface area contributed by atoms with Gasteiger partial charge in [0.25, 0.3) is 0 Å². The monoisotopic (exact) mass is 407 g/mol. The average molecular weight is 407 g/mol. The Morgan fingerprint density at radius 3 is 1.81 bits per heavy atom. The molecular weight excluding hydrogens is 385 g/mol. The zero-order valence-electron chi connectivity index (χ0n) is 18.0. The standard InChI is InChI=1S/C30H22BN/c31-25-8-6-7-23(19-25)21-13-15-22(16-14-21)24-17-18-30-28(20-24)27-11-4-5-12-29(27)32(30)26-9-2-1-3-10-26/h1-20H,31H2. The number of rotatable bonds is 3. The molecule has 0 atom stereocenters. The summed E-state index contributed by atoms with van der Waals surface area (Å²) in [4.78, 5) is 0. The van der Waals surface area contributed by atoms with Crippen molar-refractivity contribution in [2.75, 3.05) is 0 Å². The van der Waals surface area contributed by atoms with Crippen molar-refractivity contribution < 1.29 is 0 Å². The molecule has 0 amide bonds. The fourth-order valence-corrected chi connectivity index (χ4v) is 4.69. The van der Waals surface area contributed by atoms with Crippen LogP contribution in [-0.4, -0.2) is 12.4 Å². The van der Waals surface area contributed by atoms with Crippen LogP contribution in [0.25, 0.3) is 49.7 Å². The molecule has 0 N–H and O–H groups in total. The Morgan fingerprint density at radius 1 is 0.438 bits per heavy atom. The molecule has 0 spiro atoms. The summed E-state index contributed by atoms with van der Waals surface area (Å²) < 4.78 is 2.36. The molecule has 0 fully saturated rings. The van der Waals surface area contributed by atoms with Crippen LogP contribution < -0.4 is 5.46 Å². The van der Waals surface area contributed by atoms with Gasteiger partial charge in [-0.15, -0.1) is 0 Å². The minimum atomic E-state index is 1.19. The van der Waals surface area contributed by atoms with E-state index in [0.29, 0.717) is 0 Å². The van der Waals surface area contributed by atoms with E-state index < -0.39 is 0 Å². The maximum Gasteiger partial charge on any atom is 0.139 e. The van der Waals surface area contributed by atoms with Crippen LogP contribution in [0.5, 0.6) is 0 Å². The van der Waals surface area contributed by atoms with Gasteiger partial charge in [0.05, 0.1) is 11.0 Å². The van der Waals surface area contributed by atoms with Crippen molar-refractivity contribution in [1.82, 2.24) is 4.57 Å². The highest BCUT2D eigenvalue weighted by Gasteiger charge is 2.12. The molecule has 0 aliphatic rings. The van der Waals surface area contributed by atoms with Crippen molar-refractivity contribution in [3.63, 3.8) is 0 Å². The first kappa shape index (κ1) is 18.7. The summed E-state index contributed by atoms with van der Waals surface area (Å²) in [7, 11) is 2.14. The van der Waals surface area contributed by atoms with Crippen molar-refractivity contribution in [1.29, 1.82) is 0 Å². The molecule has 0 aliphatic carbocycles. The lowest BCUT2D eigenvalue weighted by Gasteiger charge is -2.09. The van der Waals surface area contributed by atoms with Gasteiger partial charge in [-0.25, -0.2) is 0 Å². The summed E-state index contributed by atoms with van der Waals surface area (Å²) in [6.07, 6.45) is 0. The molecule has 6 rings (SSSR count). The van der Waals surface area contributed by atoms with Crippen LogP contribution in [0.1, 0.15) is 0 Å². The van der Waals surface area contributed by atoms with Gasteiger partial charge in [0.2, 0.25) is 0 Å². The molecule has 0 radical (unpaired) electrons. The molecule has 1 aromatic heterocycles. The van der Waals surface area contributed by atoms with E-state index in [1.165, 1.54) is 55.2 Å². The fourth-order valence-electron chi connectivity index (χ4n) is 4.69. The van der Waals surface area contributed by atoms with Gasteiger partial charge in [-0.1, -0.05) is 96.5 Å². The Labute approximate surface area is 189 Å². The average Bonchev–Trinajstić information content (AvgIpc) is 3.18. The summed E-state index contributed by atoms with van der Waals surface area (Å²) >= 11 is 0. The Balaban J connectivity index is 1.48. The van der Waals surface area contributed by atoms with E-state index in [1.54, 1.807) is 0 Å².